The molecular weight excluding hydrogens is 460 g/mol. The lowest BCUT2D eigenvalue weighted by Gasteiger charge is -2.32. The highest BCUT2D eigenvalue weighted by molar-refractivity contribution is 6.02. The molecule has 0 N–H and O–H groups in total. The highest BCUT2D eigenvalue weighted by Gasteiger charge is 2.34. The molecule has 4 heteroatoms. The van der Waals surface area contributed by atoms with E-state index in [2.05, 4.69) is 13.0 Å². The molecule has 0 aliphatic heterocycles. The molecule has 0 radical (unpaired) electrons. The van der Waals surface area contributed by atoms with Crippen molar-refractivity contribution in [3.05, 3.63) is 58.7 Å². The normalized spacial score (nSPS) is 16.7. The first-order valence-electron chi connectivity index (χ1n) is 14.0. The predicted octanol–water partition coefficient (Wildman–Crippen LogP) is 7.77. The van der Waals surface area contributed by atoms with Crippen LogP contribution < -0.4 is 0 Å². The third kappa shape index (κ3) is 6.91. The Kier molecular flexibility index (Phi) is 10.1. The molecular formula is C33H42O4. The summed E-state index contributed by atoms with van der Waals surface area (Å²) >= 11 is 0. The minimum absolute atomic E-state index is 0.00157. The summed E-state index contributed by atoms with van der Waals surface area (Å²) < 4.78 is 0. The second-order valence-electron chi connectivity index (χ2n) is 10.9. The van der Waals surface area contributed by atoms with Gasteiger partial charge in [-0.2, -0.15) is 0 Å². The van der Waals surface area contributed by atoms with Gasteiger partial charge in [-0.15, -0.1) is 0 Å². The van der Waals surface area contributed by atoms with E-state index >= 15 is 0 Å². The molecule has 0 fully saturated rings. The molecule has 0 saturated heterocycles. The summed E-state index contributed by atoms with van der Waals surface area (Å²) in [6.45, 7) is 9.64. The van der Waals surface area contributed by atoms with Gasteiger partial charge in [-0.25, -0.2) is 0 Å². The summed E-state index contributed by atoms with van der Waals surface area (Å²) in [4.78, 5) is 50.6. The van der Waals surface area contributed by atoms with Crippen molar-refractivity contribution < 1.29 is 19.2 Å². The lowest BCUT2D eigenvalue weighted by atomic mass is 9.71. The van der Waals surface area contributed by atoms with E-state index in [1.807, 2.05) is 51.1 Å². The number of ketones is 4. The van der Waals surface area contributed by atoms with Crippen LogP contribution in [-0.2, 0) is 16.0 Å². The van der Waals surface area contributed by atoms with Crippen molar-refractivity contribution in [2.24, 2.45) is 17.8 Å². The maximum atomic E-state index is 13.5. The number of Topliss-reactive ketones (excluding diaryl/α,β-unsaturated/α-hetero) is 4. The van der Waals surface area contributed by atoms with Crippen molar-refractivity contribution in [1.82, 2.24) is 0 Å². The summed E-state index contributed by atoms with van der Waals surface area (Å²) in [6.07, 6.45) is 6.02. The number of hydrogen-bond donors (Lipinski definition) is 0. The highest BCUT2D eigenvalue weighted by Crippen LogP contribution is 2.40. The van der Waals surface area contributed by atoms with E-state index in [0.717, 1.165) is 66.3 Å². The number of hydrogen-bond acceptors (Lipinski definition) is 4. The van der Waals surface area contributed by atoms with Crippen LogP contribution in [-0.4, -0.2) is 23.1 Å². The number of carbonyl (C=O) groups excluding carboxylic acids is 4. The second-order valence-corrected chi connectivity index (χ2v) is 10.9. The zero-order chi connectivity index (χ0) is 27.1. The summed E-state index contributed by atoms with van der Waals surface area (Å²) in [7, 11) is 0. The van der Waals surface area contributed by atoms with Crippen LogP contribution >= 0.6 is 0 Å². The van der Waals surface area contributed by atoms with Crippen molar-refractivity contribution in [3.63, 3.8) is 0 Å². The van der Waals surface area contributed by atoms with Gasteiger partial charge in [-0.1, -0.05) is 63.9 Å². The van der Waals surface area contributed by atoms with Crippen molar-refractivity contribution in [3.8, 4) is 11.1 Å². The van der Waals surface area contributed by atoms with Gasteiger partial charge >= 0.3 is 0 Å². The van der Waals surface area contributed by atoms with E-state index in [1.54, 1.807) is 0 Å². The first-order valence-corrected chi connectivity index (χ1v) is 14.0. The monoisotopic (exact) mass is 502 g/mol. The Bertz CT molecular complexity index is 1160. The van der Waals surface area contributed by atoms with E-state index in [1.165, 1.54) is 6.92 Å². The second kappa shape index (κ2) is 13.1. The third-order valence-corrected chi connectivity index (χ3v) is 7.88. The summed E-state index contributed by atoms with van der Waals surface area (Å²) in [5, 5.41) is 0. The topological polar surface area (TPSA) is 68.3 Å². The smallest absolute Gasteiger partial charge is 0.163 e. The molecule has 0 saturated carbocycles. The van der Waals surface area contributed by atoms with Gasteiger partial charge in [0.05, 0.1) is 6.42 Å². The Morgan fingerprint density at radius 1 is 1.00 bits per heavy atom. The molecule has 3 atom stereocenters. The van der Waals surface area contributed by atoms with Crippen LogP contribution in [0.25, 0.3) is 11.1 Å². The molecule has 0 heterocycles. The van der Waals surface area contributed by atoms with E-state index < -0.39 is 0 Å². The van der Waals surface area contributed by atoms with Crippen molar-refractivity contribution in [2.75, 3.05) is 0 Å². The molecule has 2 aromatic rings. The lowest BCUT2D eigenvalue weighted by molar-refractivity contribution is -0.129. The molecule has 3 unspecified atom stereocenters. The van der Waals surface area contributed by atoms with Crippen LogP contribution in [0.4, 0.5) is 0 Å². The maximum absolute atomic E-state index is 13.5. The van der Waals surface area contributed by atoms with Crippen LogP contribution in [0.5, 0.6) is 0 Å². The fourth-order valence-electron chi connectivity index (χ4n) is 6.24. The number of rotatable bonds is 13. The van der Waals surface area contributed by atoms with E-state index in [0.29, 0.717) is 18.4 Å². The first kappa shape index (κ1) is 28.7. The minimum Gasteiger partial charge on any atom is -0.300 e. The Labute approximate surface area is 222 Å². The fourth-order valence-corrected chi connectivity index (χ4v) is 6.24. The lowest BCUT2D eigenvalue weighted by Crippen LogP contribution is -2.30. The van der Waals surface area contributed by atoms with Gasteiger partial charge in [-0.05, 0) is 79.7 Å². The number of carbonyl (C=O) groups is 4. The Balaban J connectivity index is 1.95. The van der Waals surface area contributed by atoms with Gasteiger partial charge < -0.3 is 0 Å². The maximum Gasteiger partial charge on any atom is 0.163 e. The Morgan fingerprint density at radius 2 is 1.76 bits per heavy atom. The largest absolute Gasteiger partial charge is 0.300 e. The molecule has 0 aromatic heterocycles. The number of benzene rings is 2. The molecule has 0 spiro atoms. The molecule has 3 rings (SSSR count). The molecule has 37 heavy (non-hydrogen) atoms. The zero-order valence-electron chi connectivity index (χ0n) is 23.2. The van der Waals surface area contributed by atoms with Gasteiger partial charge in [0.1, 0.15) is 11.6 Å². The molecule has 0 bridgehead atoms. The van der Waals surface area contributed by atoms with Gasteiger partial charge in [0, 0.05) is 29.9 Å². The van der Waals surface area contributed by atoms with Crippen molar-refractivity contribution in [1.29, 1.82) is 0 Å². The number of aryl methyl sites for hydroxylation is 1. The molecule has 1 aliphatic rings. The summed E-state index contributed by atoms with van der Waals surface area (Å²) in [6, 6.07) is 11.9. The minimum atomic E-state index is -0.140. The predicted molar refractivity (Wildman–Crippen MR) is 149 cm³/mol. The van der Waals surface area contributed by atoms with Crippen molar-refractivity contribution in [2.45, 2.75) is 92.4 Å². The first-order chi connectivity index (χ1) is 17.7. The summed E-state index contributed by atoms with van der Waals surface area (Å²) in [5.41, 5.74) is 5.60. The zero-order valence-corrected chi connectivity index (χ0v) is 23.2. The van der Waals surface area contributed by atoms with Crippen molar-refractivity contribution >= 4 is 23.1 Å². The average molecular weight is 503 g/mol. The van der Waals surface area contributed by atoms with Gasteiger partial charge in [-0.3, -0.25) is 19.2 Å². The number of fused-ring (bicyclic) bond motifs is 1. The Hall–Kier alpha value is -2.88. The summed E-state index contributed by atoms with van der Waals surface area (Å²) in [5.74, 6) is 0.454. The average Bonchev–Trinajstić information content (AvgIpc) is 2.84. The van der Waals surface area contributed by atoms with Crippen LogP contribution in [0.2, 0.25) is 0 Å². The molecule has 4 nitrogen and oxygen atoms in total. The molecule has 198 valence electrons. The van der Waals surface area contributed by atoms with Crippen LogP contribution in [0.3, 0.4) is 0 Å². The molecule has 0 amide bonds. The van der Waals surface area contributed by atoms with Gasteiger partial charge in [0.15, 0.2) is 11.6 Å². The van der Waals surface area contributed by atoms with Gasteiger partial charge in [0.2, 0.25) is 0 Å². The van der Waals surface area contributed by atoms with Crippen LogP contribution in [0, 0.1) is 24.7 Å². The van der Waals surface area contributed by atoms with Crippen LogP contribution in [0.15, 0.2) is 36.4 Å². The van der Waals surface area contributed by atoms with Gasteiger partial charge in [0.25, 0.3) is 0 Å². The SMILES string of the molecule is CCCC(=O)c1cccc(-c2ccc(C)c3c2CC(CC(CCC)C(CC)C(=O)CC(C)=O)CC3=O)c1. The molecule has 2 aromatic carbocycles. The Morgan fingerprint density at radius 3 is 2.41 bits per heavy atom. The van der Waals surface area contributed by atoms with E-state index in [4.69, 9.17) is 0 Å². The van der Waals surface area contributed by atoms with E-state index in [-0.39, 0.29) is 47.3 Å². The standard InChI is InChI=1S/C33H42O4/c1-6-10-24(27(8-3)31(36)16-22(5)34)17-23-18-29-28(15-14-21(4)33(29)32(37)19-23)25-12-9-13-26(20-25)30(35)11-7-2/h9,12-15,20,23-24,27H,6-8,10-11,16-19H2,1-5H3. The van der Waals surface area contributed by atoms with E-state index in [9.17, 15) is 19.2 Å². The third-order valence-electron chi connectivity index (χ3n) is 7.88. The fraction of sp³-hybridized carbons (Fsp3) is 0.515. The highest BCUT2D eigenvalue weighted by atomic mass is 16.1. The van der Waals surface area contributed by atoms with Crippen LogP contribution in [0.1, 0.15) is 111 Å². The molecule has 1 aliphatic carbocycles. The quantitative estimate of drug-likeness (QED) is 0.207.